The predicted molar refractivity (Wildman–Crippen MR) is 75.7 cm³/mol. The maximum Gasteiger partial charge on any atom is 0.203 e. The minimum atomic E-state index is -0.526. The van der Waals surface area contributed by atoms with Gasteiger partial charge in [-0.25, -0.2) is 0 Å². The summed E-state index contributed by atoms with van der Waals surface area (Å²) in [5.74, 6) is 1.79. The van der Waals surface area contributed by atoms with Gasteiger partial charge in [0.2, 0.25) is 5.75 Å². The fraction of sp³-hybridized carbons (Fsp3) is 0.571. The second-order valence-corrected chi connectivity index (χ2v) is 4.27. The fourth-order valence-corrected chi connectivity index (χ4v) is 1.87. The van der Waals surface area contributed by atoms with Crippen LogP contribution in [0.2, 0.25) is 0 Å². The Kier molecular flexibility index (Phi) is 7.14. The van der Waals surface area contributed by atoms with Gasteiger partial charge in [0.15, 0.2) is 11.5 Å². The molecule has 20 heavy (non-hydrogen) atoms. The van der Waals surface area contributed by atoms with Gasteiger partial charge in [0.1, 0.15) is 0 Å². The molecular formula is C14H23NO5. The first kappa shape index (κ1) is 16.6. The zero-order valence-corrected chi connectivity index (χ0v) is 12.4. The van der Waals surface area contributed by atoms with E-state index in [2.05, 4.69) is 5.32 Å². The van der Waals surface area contributed by atoms with E-state index in [1.807, 2.05) is 12.1 Å². The molecule has 1 atom stereocenters. The first-order valence-corrected chi connectivity index (χ1v) is 6.32. The van der Waals surface area contributed by atoms with Crippen LogP contribution in [0.4, 0.5) is 0 Å². The van der Waals surface area contributed by atoms with E-state index in [4.69, 9.17) is 18.9 Å². The SMILES string of the molecule is COCC(O)CNCc1cc(OC)c(OC)c(OC)c1. The van der Waals surface area contributed by atoms with E-state index >= 15 is 0 Å². The molecule has 0 amide bonds. The summed E-state index contributed by atoms with van der Waals surface area (Å²) in [5, 5.41) is 12.7. The second kappa shape index (κ2) is 8.63. The Labute approximate surface area is 119 Å². The highest BCUT2D eigenvalue weighted by atomic mass is 16.5. The average molecular weight is 285 g/mol. The monoisotopic (exact) mass is 285 g/mol. The molecule has 0 saturated heterocycles. The molecule has 6 nitrogen and oxygen atoms in total. The van der Waals surface area contributed by atoms with Crippen molar-refractivity contribution in [2.45, 2.75) is 12.6 Å². The zero-order valence-electron chi connectivity index (χ0n) is 12.4. The van der Waals surface area contributed by atoms with Crippen LogP contribution in [0.3, 0.4) is 0 Å². The molecule has 0 spiro atoms. The lowest BCUT2D eigenvalue weighted by Gasteiger charge is -2.15. The van der Waals surface area contributed by atoms with Crippen LogP contribution in [0, 0.1) is 0 Å². The Morgan fingerprint density at radius 2 is 1.65 bits per heavy atom. The number of aliphatic hydroxyl groups is 1. The van der Waals surface area contributed by atoms with Crippen molar-refractivity contribution in [1.29, 1.82) is 0 Å². The third-order valence-electron chi connectivity index (χ3n) is 2.79. The number of hydrogen-bond acceptors (Lipinski definition) is 6. The third kappa shape index (κ3) is 4.56. The van der Waals surface area contributed by atoms with Gasteiger partial charge in [0.25, 0.3) is 0 Å². The van der Waals surface area contributed by atoms with Gasteiger partial charge < -0.3 is 29.4 Å². The van der Waals surface area contributed by atoms with E-state index in [-0.39, 0.29) is 0 Å². The molecule has 1 unspecified atom stereocenters. The summed E-state index contributed by atoms with van der Waals surface area (Å²) < 4.78 is 20.7. The highest BCUT2D eigenvalue weighted by Gasteiger charge is 2.13. The van der Waals surface area contributed by atoms with E-state index in [0.717, 1.165) is 5.56 Å². The van der Waals surface area contributed by atoms with E-state index < -0.39 is 6.10 Å². The number of hydrogen-bond donors (Lipinski definition) is 2. The number of methoxy groups -OCH3 is 4. The number of aliphatic hydroxyl groups excluding tert-OH is 1. The zero-order chi connectivity index (χ0) is 15.0. The maximum absolute atomic E-state index is 9.55. The van der Waals surface area contributed by atoms with Crippen LogP contribution in [0.1, 0.15) is 5.56 Å². The van der Waals surface area contributed by atoms with Gasteiger partial charge in [-0.2, -0.15) is 0 Å². The number of ether oxygens (including phenoxy) is 4. The summed E-state index contributed by atoms with van der Waals surface area (Å²) in [6.45, 7) is 1.34. The van der Waals surface area contributed by atoms with Crippen LogP contribution >= 0.6 is 0 Å². The molecule has 0 aliphatic heterocycles. The predicted octanol–water partition coefficient (Wildman–Crippen LogP) is 0.809. The van der Waals surface area contributed by atoms with Gasteiger partial charge in [-0.15, -0.1) is 0 Å². The van der Waals surface area contributed by atoms with Gasteiger partial charge in [0, 0.05) is 20.2 Å². The van der Waals surface area contributed by atoms with Crippen molar-refractivity contribution < 1.29 is 24.1 Å². The Balaban J connectivity index is 2.71. The number of benzene rings is 1. The van der Waals surface area contributed by atoms with Crippen molar-refractivity contribution in [3.63, 3.8) is 0 Å². The Bertz CT molecular complexity index is 386. The van der Waals surface area contributed by atoms with Gasteiger partial charge in [-0.3, -0.25) is 0 Å². The summed E-state index contributed by atoms with van der Waals surface area (Å²) in [7, 11) is 6.29. The van der Waals surface area contributed by atoms with Crippen molar-refractivity contribution in [2.24, 2.45) is 0 Å². The lowest BCUT2D eigenvalue weighted by atomic mass is 10.1. The van der Waals surface area contributed by atoms with Gasteiger partial charge in [0.05, 0.1) is 34.0 Å². The van der Waals surface area contributed by atoms with Crippen molar-refractivity contribution in [3.05, 3.63) is 17.7 Å². The Hall–Kier alpha value is -1.50. The van der Waals surface area contributed by atoms with E-state index in [0.29, 0.717) is 36.9 Å². The van der Waals surface area contributed by atoms with Crippen LogP contribution in [-0.4, -0.2) is 52.8 Å². The third-order valence-corrected chi connectivity index (χ3v) is 2.79. The molecule has 1 rings (SSSR count). The molecule has 2 N–H and O–H groups in total. The molecule has 0 bridgehead atoms. The lowest BCUT2D eigenvalue weighted by Crippen LogP contribution is -2.29. The number of nitrogens with one attached hydrogen (secondary N) is 1. The highest BCUT2D eigenvalue weighted by molar-refractivity contribution is 5.53. The minimum absolute atomic E-state index is 0.308. The lowest BCUT2D eigenvalue weighted by molar-refractivity contribution is 0.0644. The molecule has 6 heteroatoms. The second-order valence-electron chi connectivity index (χ2n) is 4.27. The molecule has 1 aromatic rings. The molecule has 0 radical (unpaired) electrons. The van der Waals surface area contributed by atoms with Crippen LogP contribution in [-0.2, 0) is 11.3 Å². The summed E-state index contributed by atoms with van der Waals surface area (Å²) in [6, 6.07) is 3.74. The molecule has 1 aromatic carbocycles. The smallest absolute Gasteiger partial charge is 0.203 e. The Morgan fingerprint density at radius 1 is 1.05 bits per heavy atom. The van der Waals surface area contributed by atoms with Gasteiger partial charge in [-0.1, -0.05) is 0 Å². The summed E-state index contributed by atoms with van der Waals surface area (Å²) in [4.78, 5) is 0. The van der Waals surface area contributed by atoms with Crippen molar-refractivity contribution in [1.82, 2.24) is 5.32 Å². The quantitative estimate of drug-likeness (QED) is 0.700. The fourth-order valence-electron chi connectivity index (χ4n) is 1.87. The normalized spacial score (nSPS) is 12.1. The van der Waals surface area contributed by atoms with Crippen molar-refractivity contribution in [2.75, 3.05) is 41.6 Å². The molecular weight excluding hydrogens is 262 g/mol. The maximum atomic E-state index is 9.55. The van der Waals surface area contributed by atoms with Crippen molar-refractivity contribution in [3.8, 4) is 17.2 Å². The van der Waals surface area contributed by atoms with E-state index in [1.54, 1.807) is 28.4 Å². The first-order valence-electron chi connectivity index (χ1n) is 6.32. The molecule has 0 heterocycles. The summed E-state index contributed by atoms with van der Waals surface area (Å²) >= 11 is 0. The largest absolute Gasteiger partial charge is 0.493 e. The Morgan fingerprint density at radius 3 is 2.10 bits per heavy atom. The van der Waals surface area contributed by atoms with E-state index in [1.165, 1.54) is 0 Å². The van der Waals surface area contributed by atoms with Gasteiger partial charge in [-0.05, 0) is 17.7 Å². The first-order chi connectivity index (χ1) is 9.65. The molecule has 0 aromatic heterocycles. The standard InChI is InChI=1S/C14H23NO5/c1-17-9-11(16)8-15-7-10-5-12(18-2)14(20-4)13(6-10)19-3/h5-6,11,15-16H,7-9H2,1-4H3. The topological polar surface area (TPSA) is 69.2 Å². The minimum Gasteiger partial charge on any atom is -0.493 e. The summed E-state index contributed by atoms with van der Waals surface area (Å²) in [6.07, 6.45) is -0.526. The van der Waals surface area contributed by atoms with Crippen LogP contribution in [0.25, 0.3) is 0 Å². The average Bonchev–Trinajstić information content (AvgIpc) is 2.46. The van der Waals surface area contributed by atoms with Gasteiger partial charge >= 0.3 is 0 Å². The molecule has 0 saturated carbocycles. The molecule has 0 fully saturated rings. The molecule has 0 aliphatic carbocycles. The molecule has 114 valence electrons. The van der Waals surface area contributed by atoms with E-state index in [9.17, 15) is 5.11 Å². The summed E-state index contributed by atoms with van der Waals surface area (Å²) in [5.41, 5.74) is 0.976. The van der Waals surface area contributed by atoms with Crippen LogP contribution < -0.4 is 19.5 Å². The molecule has 0 aliphatic rings. The number of rotatable bonds is 9. The highest BCUT2D eigenvalue weighted by Crippen LogP contribution is 2.38. The van der Waals surface area contributed by atoms with Crippen LogP contribution in [0.15, 0.2) is 12.1 Å². The van der Waals surface area contributed by atoms with Crippen molar-refractivity contribution >= 4 is 0 Å². The van der Waals surface area contributed by atoms with Crippen LogP contribution in [0.5, 0.6) is 17.2 Å².